The number of carbonyl (C=O) groups excluding carboxylic acids is 2. The number of hydrogen-bond donors (Lipinski definition) is 2. The first-order valence-corrected chi connectivity index (χ1v) is 4.58. The zero-order valence-electron chi connectivity index (χ0n) is 8.88. The summed E-state index contributed by atoms with van der Waals surface area (Å²) in [6, 6.07) is 0. The van der Waals surface area contributed by atoms with Crippen LogP contribution in [0, 0.1) is 6.92 Å². The van der Waals surface area contributed by atoms with E-state index >= 15 is 0 Å². The van der Waals surface area contributed by atoms with E-state index in [1.807, 2.05) is 0 Å². The van der Waals surface area contributed by atoms with Crippen molar-refractivity contribution in [2.75, 3.05) is 6.61 Å². The Labute approximate surface area is 87.1 Å². The minimum Gasteiger partial charge on any atom is -0.505 e. The van der Waals surface area contributed by atoms with Gasteiger partial charge in [-0.3, -0.25) is 4.79 Å². The second-order valence-corrected chi connectivity index (χ2v) is 3.13. The highest BCUT2D eigenvalue weighted by molar-refractivity contribution is 6.02. The molecule has 5 nitrogen and oxygen atoms in total. The number of esters is 1. The van der Waals surface area contributed by atoms with E-state index in [9.17, 15) is 14.7 Å². The van der Waals surface area contributed by atoms with Crippen LogP contribution in [0.4, 0.5) is 0 Å². The molecule has 82 valence electrons. The van der Waals surface area contributed by atoms with E-state index in [2.05, 4.69) is 4.98 Å². The van der Waals surface area contributed by atoms with Gasteiger partial charge in [-0.05, 0) is 13.8 Å². The molecule has 0 unspecified atom stereocenters. The Kier molecular flexibility index (Phi) is 3.14. The molecular weight excluding hydrogens is 198 g/mol. The van der Waals surface area contributed by atoms with Gasteiger partial charge in [0.25, 0.3) is 0 Å². The number of aromatic nitrogens is 1. The van der Waals surface area contributed by atoms with Crippen LogP contribution in [0.3, 0.4) is 0 Å². The van der Waals surface area contributed by atoms with Crippen molar-refractivity contribution in [1.29, 1.82) is 0 Å². The first-order chi connectivity index (χ1) is 6.99. The van der Waals surface area contributed by atoms with Crippen molar-refractivity contribution < 1.29 is 19.4 Å². The van der Waals surface area contributed by atoms with E-state index in [1.54, 1.807) is 13.8 Å². The topological polar surface area (TPSA) is 79.4 Å². The van der Waals surface area contributed by atoms with Crippen LogP contribution in [0.15, 0.2) is 0 Å². The van der Waals surface area contributed by atoms with Crippen LogP contribution in [0.1, 0.15) is 40.4 Å². The predicted octanol–water partition coefficient (Wildman–Crippen LogP) is 1.41. The van der Waals surface area contributed by atoms with E-state index in [0.717, 1.165) is 0 Å². The van der Waals surface area contributed by atoms with Crippen molar-refractivity contribution in [2.24, 2.45) is 0 Å². The van der Waals surface area contributed by atoms with Gasteiger partial charge in [0.2, 0.25) is 0 Å². The number of rotatable bonds is 3. The largest absolute Gasteiger partial charge is 0.505 e. The summed E-state index contributed by atoms with van der Waals surface area (Å²) in [4.78, 5) is 25.1. The molecule has 0 saturated carbocycles. The predicted molar refractivity (Wildman–Crippen MR) is 53.2 cm³/mol. The van der Waals surface area contributed by atoms with Gasteiger partial charge >= 0.3 is 5.97 Å². The Balaban J connectivity index is 3.19. The number of hydrogen-bond acceptors (Lipinski definition) is 4. The Morgan fingerprint density at radius 3 is 2.47 bits per heavy atom. The Morgan fingerprint density at radius 1 is 1.47 bits per heavy atom. The van der Waals surface area contributed by atoms with Crippen molar-refractivity contribution in [3.8, 4) is 5.75 Å². The zero-order chi connectivity index (χ0) is 11.6. The molecule has 0 aromatic carbocycles. The minimum atomic E-state index is -0.628. The van der Waals surface area contributed by atoms with E-state index in [4.69, 9.17) is 4.74 Å². The smallest absolute Gasteiger partial charge is 0.343 e. The molecule has 15 heavy (non-hydrogen) atoms. The fourth-order valence-electron chi connectivity index (χ4n) is 1.32. The van der Waals surface area contributed by atoms with Gasteiger partial charge in [-0.1, -0.05) is 0 Å². The van der Waals surface area contributed by atoms with Crippen LogP contribution in [0.5, 0.6) is 5.75 Å². The fraction of sp³-hybridized carbons (Fsp3) is 0.400. The number of aromatic amines is 1. The SMILES string of the molecule is CCOC(=O)c1c(C)[nH]c(C(C)=O)c1O. The molecule has 0 aliphatic carbocycles. The van der Waals surface area contributed by atoms with Crippen molar-refractivity contribution >= 4 is 11.8 Å². The number of nitrogens with one attached hydrogen (secondary N) is 1. The third-order valence-electron chi connectivity index (χ3n) is 1.99. The molecule has 0 atom stereocenters. The van der Waals surface area contributed by atoms with Gasteiger partial charge in [-0.25, -0.2) is 4.79 Å². The number of H-pyrrole nitrogens is 1. The summed E-state index contributed by atoms with van der Waals surface area (Å²) in [6.07, 6.45) is 0. The fourth-order valence-corrected chi connectivity index (χ4v) is 1.32. The minimum absolute atomic E-state index is 0.0297. The van der Waals surface area contributed by atoms with Crippen LogP contribution in [-0.2, 0) is 4.74 Å². The molecule has 1 heterocycles. The maximum atomic E-state index is 11.4. The van der Waals surface area contributed by atoms with E-state index < -0.39 is 5.97 Å². The highest BCUT2D eigenvalue weighted by atomic mass is 16.5. The Bertz CT molecular complexity index is 406. The molecule has 0 aliphatic rings. The summed E-state index contributed by atoms with van der Waals surface area (Å²) in [5, 5.41) is 9.62. The van der Waals surface area contributed by atoms with Crippen molar-refractivity contribution in [1.82, 2.24) is 4.98 Å². The normalized spacial score (nSPS) is 10.1. The molecule has 0 bridgehead atoms. The van der Waals surface area contributed by atoms with Crippen LogP contribution in [-0.4, -0.2) is 28.4 Å². The molecule has 1 rings (SSSR count). The monoisotopic (exact) mass is 211 g/mol. The third-order valence-corrected chi connectivity index (χ3v) is 1.99. The summed E-state index contributed by atoms with van der Waals surface area (Å²) < 4.78 is 4.75. The molecule has 0 fully saturated rings. The van der Waals surface area contributed by atoms with Crippen LogP contribution in [0.2, 0.25) is 0 Å². The maximum absolute atomic E-state index is 11.4. The first kappa shape index (κ1) is 11.3. The molecule has 0 radical (unpaired) electrons. The average Bonchev–Trinajstić information content (AvgIpc) is 2.42. The van der Waals surface area contributed by atoms with Gasteiger partial charge in [0.1, 0.15) is 11.3 Å². The number of ether oxygens (including phenoxy) is 1. The highest BCUT2D eigenvalue weighted by Crippen LogP contribution is 2.26. The molecule has 0 saturated heterocycles. The molecule has 1 aromatic heterocycles. The standard InChI is InChI=1S/C10H13NO4/c1-4-15-10(14)7-5(2)11-8(6(3)12)9(7)13/h11,13H,4H2,1-3H3. The number of Topliss-reactive ketones (excluding diaryl/α,β-unsaturated/α-hetero) is 1. The highest BCUT2D eigenvalue weighted by Gasteiger charge is 2.23. The van der Waals surface area contributed by atoms with Crippen LogP contribution in [0.25, 0.3) is 0 Å². The number of aromatic hydroxyl groups is 1. The van der Waals surface area contributed by atoms with E-state index in [1.165, 1.54) is 6.92 Å². The van der Waals surface area contributed by atoms with Crippen molar-refractivity contribution in [2.45, 2.75) is 20.8 Å². The molecule has 2 N–H and O–H groups in total. The van der Waals surface area contributed by atoms with E-state index in [-0.39, 0.29) is 29.4 Å². The van der Waals surface area contributed by atoms with Gasteiger partial charge in [0, 0.05) is 12.6 Å². The molecule has 0 amide bonds. The van der Waals surface area contributed by atoms with Crippen molar-refractivity contribution in [3.05, 3.63) is 17.0 Å². The Hall–Kier alpha value is -1.78. The van der Waals surface area contributed by atoms with Gasteiger partial charge in [-0.15, -0.1) is 0 Å². The first-order valence-electron chi connectivity index (χ1n) is 4.58. The maximum Gasteiger partial charge on any atom is 0.343 e. The molecular formula is C10H13NO4. The number of carbonyl (C=O) groups is 2. The Morgan fingerprint density at radius 2 is 2.07 bits per heavy atom. The lowest BCUT2D eigenvalue weighted by Gasteiger charge is -2.00. The van der Waals surface area contributed by atoms with E-state index in [0.29, 0.717) is 5.69 Å². The van der Waals surface area contributed by atoms with Crippen LogP contribution < -0.4 is 0 Å². The van der Waals surface area contributed by atoms with Crippen LogP contribution >= 0.6 is 0 Å². The molecule has 0 spiro atoms. The quantitative estimate of drug-likeness (QED) is 0.585. The summed E-state index contributed by atoms with van der Waals surface area (Å²) in [5.41, 5.74) is 0.494. The van der Waals surface area contributed by atoms with Gasteiger partial charge < -0.3 is 14.8 Å². The lowest BCUT2D eigenvalue weighted by molar-refractivity contribution is 0.0522. The molecule has 1 aromatic rings. The second kappa shape index (κ2) is 4.16. The van der Waals surface area contributed by atoms with Crippen molar-refractivity contribution in [3.63, 3.8) is 0 Å². The molecule has 0 aliphatic heterocycles. The summed E-state index contributed by atoms with van der Waals surface area (Å²) >= 11 is 0. The van der Waals surface area contributed by atoms with Gasteiger partial charge in [0.05, 0.1) is 6.61 Å². The lowest BCUT2D eigenvalue weighted by atomic mass is 10.2. The average molecular weight is 211 g/mol. The summed E-state index contributed by atoms with van der Waals surface area (Å²) in [7, 11) is 0. The number of aryl methyl sites for hydroxylation is 1. The molecule has 5 heteroatoms. The third kappa shape index (κ3) is 2.01. The summed E-state index contributed by atoms with van der Waals surface area (Å²) in [5.74, 6) is -1.29. The van der Waals surface area contributed by atoms with Gasteiger partial charge in [0.15, 0.2) is 11.5 Å². The number of ketones is 1. The second-order valence-electron chi connectivity index (χ2n) is 3.13. The lowest BCUT2D eigenvalue weighted by Crippen LogP contribution is -2.05. The zero-order valence-corrected chi connectivity index (χ0v) is 8.88. The summed E-state index contributed by atoms with van der Waals surface area (Å²) in [6.45, 7) is 4.79. The van der Waals surface area contributed by atoms with Gasteiger partial charge in [-0.2, -0.15) is 0 Å².